The molecule has 38 heavy (non-hydrogen) atoms. The van der Waals surface area contributed by atoms with Crippen LogP contribution < -0.4 is 0 Å². The lowest BCUT2D eigenvalue weighted by molar-refractivity contribution is 0.803. The molecule has 1 unspecified atom stereocenters. The van der Waals surface area contributed by atoms with Crippen molar-refractivity contribution in [3.05, 3.63) is 144 Å². The van der Waals surface area contributed by atoms with Crippen molar-refractivity contribution in [1.82, 2.24) is 9.97 Å². The molecule has 2 aliphatic rings. The van der Waals surface area contributed by atoms with Gasteiger partial charge in [0.15, 0.2) is 5.82 Å². The fourth-order valence-corrected chi connectivity index (χ4v) is 8.14. The molecule has 2 nitrogen and oxygen atoms in total. The normalized spacial score (nSPS) is 16.5. The van der Waals surface area contributed by atoms with Crippen LogP contribution in [0.5, 0.6) is 0 Å². The van der Waals surface area contributed by atoms with Crippen LogP contribution in [0.1, 0.15) is 22.3 Å². The van der Waals surface area contributed by atoms with E-state index in [2.05, 4.69) is 103 Å². The molecular formula is C35H20N2S. The zero-order valence-electron chi connectivity index (χ0n) is 20.3. The topological polar surface area (TPSA) is 25.8 Å². The van der Waals surface area contributed by atoms with Gasteiger partial charge in [0.05, 0.1) is 10.9 Å². The highest BCUT2D eigenvalue weighted by atomic mass is 32.1. The lowest BCUT2D eigenvalue weighted by atomic mass is 9.70. The molecule has 0 aliphatic heterocycles. The van der Waals surface area contributed by atoms with Crippen LogP contribution in [0.3, 0.4) is 0 Å². The Labute approximate surface area is 223 Å². The van der Waals surface area contributed by atoms with Gasteiger partial charge in [0.2, 0.25) is 0 Å². The predicted molar refractivity (Wildman–Crippen MR) is 157 cm³/mol. The van der Waals surface area contributed by atoms with Gasteiger partial charge in [0.1, 0.15) is 0 Å². The lowest BCUT2D eigenvalue weighted by Crippen LogP contribution is -2.25. The second-order valence-corrected chi connectivity index (χ2v) is 11.2. The number of hydrogen-bond acceptors (Lipinski definition) is 3. The van der Waals surface area contributed by atoms with E-state index in [1.54, 1.807) is 0 Å². The first-order valence-electron chi connectivity index (χ1n) is 12.9. The Morgan fingerprint density at radius 1 is 0.605 bits per heavy atom. The minimum absolute atomic E-state index is 0.371. The van der Waals surface area contributed by atoms with Crippen LogP contribution in [-0.4, -0.2) is 9.97 Å². The zero-order valence-corrected chi connectivity index (χ0v) is 21.2. The quantitative estimate of drug-likeness (QED) is 0.225. The largest absolute Gasteiger partial charge is 0.236 e. The number of aromatic nitrogens is 2. The molecule has 1 spiro atoms. The molecule has 5 aromatic carbocycles. The van der Waals surface area contributed by atoms with Gasteiger partial charge < -0.3 is 0 Å². The summed E-state index contributed by atoms with van der Waals surface area (Å²) in [5.41, 5.74) is 11.1. The SMILES string of the molecule is c1ccc2c(c1)-c1ccc(-c3ncc4ccccc4n3)cc1C21c2ccccc2-c2sc3ccccc3c21. The maximum Gasteiger partial charge on any atom is 0.159 e. The van der Waals surface area contributed by atoms with Crippen LogP contribution in [-0.2, 0) is 5.41 Å². The summed E-state index contributed by atoms with van der Waals surface area (Å²) in [7, 11) is 0. The van der Waals surface area contributed by atoms with E-state index in [4.69, 9.17) is 9.97 Å². The van der Waals surface area contributed by atoms with Crippen molar-refractivity contribution in [2.45, 2.75) is 5.41 Å². The van der Waals surface area contributed by atoms with Gasteiger partial charge in [0.25, 0.3) is 0 Å². The maximum atomic E-state index is 4.95. The van der Waals surface area contributed by atoms with Gasteiger partial charge in [-0.05, 0) is 62.5 Å². The number of fused-ring (bicyclic) bond motifs is 13. The van der Waals surface area contributed by atoms with Crippen molar-refractivity contribution in [3.8, 4) is 33.0 Å². The summed E-state index contributed by atoms with van der Waals surface area (Å²) >= 11 is 1.92. The Kier molecular flexibility index (Phi) is 3.90. The fourth-order valence-electron chi connectivity index (χ4n) is 6.84. The van der Waals surface area contributed by atoms with Gasteiger partial charge in [-0.2, -0.15) is 0 Å². The molecule has 0 saturated heterocycles. The summed E-state index contributed by atoms with van der Waals surface area (Å²) in [4.78, 5) is 11.1. The molecule has 2 aromatic heterocycles. The van der Waals surface area contributed by atoms with Gasteiger partial charge in [0, 0.05) is 26.7 Å². The average molecular weight is 501 g/mol. The second kappa shape index (κ2) is 7.25. The third-order valence-corrected chi connectivity index (χ3v) is 9.54. The van der Waals surface area contributed by atoms with Crippen LogP contribution in [0.15, 0.2) is 121 Å². The monoisotopic (exact) mass is 500 g/mol. The van der Waals surface area contributed by atoms with E-state index < -0.39 is 0 Å². The Morgan fingerprint density at radius 3 is 2.24 bits per heavy atom. The average Bonchev–Trinajstić information content (AvgIpc) is 3.60. The molecule has 3 heteroatoms. The minimum Gasteiger partial charge on any atom is -0.236 e. The molecule has 9 rings (SSSR count). The highest BCUT2D eigenvalue weighted by molar-refractivity contribution is 7.22. The summed E-state index contributed by atoms with van der Waals surface area (Å²) in [6.07, 6.45) is 1.94. The third kappa shape index (κ3) is 2.42. The maximum absolute atomic E-state index is 4.95. The molecule has 176 valence electrons. The van der Waals surface area contributed by atoms with Gasteiger partial charge in [-0.3, -0.25) is 0 Å². The second-order valence-electron chi connectivity index (χ2n) is 10.2. The van der Waals surface area contributed by atoms with Crippen molar-refractivity contribution in [2.75, 3.05) is 0 Å². The van der Waals surface area contributed by atoms with E-state index in [9.17, 15) is 0 Å². The third-order valence-electron chi connectivity index (χ3n) is 8.34. The number of hydrogen-bond donors (Lipinski definition) is 0. The number of thiophene rings is 1. The minimum atomic E-state index is -0.371. The van der Waals surface area contributed by atoms with Crippen LogP contribution in [0.4, 0.5) is 0 Å². The first kappa shape index (κ1) is 20.5. The van der Waals surface area contributed by atoms with E-state index >= 15 is 0 Å². The summed E-state index contributed by atoms with van der Waals surface area (Å²) in [6, 6.07) is 41.9. The summed E-state index contributed by atoms with van der Waals surface area (Å²) in [5.74, 6) is 0.763. The van der Waals surface area contributed by atoms with Crippen LogP contribution in [0.25, 0.3) is 53.9 Å². The molecular weight excluding hydrogens is 480 g/mol. The highest BCUT2D eigenvalue weighted by Crippen LogP contribution is 2.66. The van der Waals surface area contributed by atoms with Crippen LogP contribution in [0.2, 0.25) is 0 Å². The molecule has 0 amide bonds. The molecule has 0 N–H and O–H groups in total. The number of nitrogens with zero attached hydrogens (tertiary/aromatic N) is 2. The number of para-hydroxylation sites is 1. The summed E-state index contributed by atoms with van der Waals surface area (Å²) in [5, 5.41) is 2.40. The molecule has 0 saturated carbocycles. The van der Waals surface area contributed by atoms with E-state index in [0.717, 1.165) is 22.3 Å². The molecule has 2 aliphatic carbocycles. The summed E-state index contributed by atoms with van der Waals surface area (Å²) in [6.45, 7) is 0. The molecule has 0 radical (unpaired) electrons. The predicted octanol–water partition coefficient (Wildman–Crippen LogP) is 8.86. The van der Waals surface area contributed by atoms with Crippen molar-refractivity contribution < 1.29 is 0 Å². The molecule has 2 heterocycles. The van der Waals surface area contributed by atoms with E-state index in [0.29, 0.717) is 0 Å². The van der Waals surface area contributed by atoms with Gasteiger partial charge in [-0.15, -0.1) is 11.3 Å². The Balaban J connectivity index is 1.41. The Hall–Kier alpha value is -4.60. The number of benzene rings is 5. The van der Waals surface area contributed by atoms with Gasteiger partial charge >= 0.3 is 0 Å². The van der Waals surface area contributed by atoms with Crippen molar-refractivity contribution in [2.24, 2.45) is 0 Å². The first-order valence-corrected chi connectivity index (χ1v) is 13.7. The Morgan fingerprint density at radius 2 is 1.32 bits per heavy atom. The molecule has 0 bridgehead atoms. The van der Waals surface area contributed by atoms with E-state index in [1.807, 2.05) is 29.7 Å². The number of rotatable bonds is 1. The van der Waals surface area contributed by atoms with E-state index in [-0.39, 0.29) is 5.41 Å². The zero-order chi connectivity index (χ0) is 24.8. The summed E-state index contributed by atoms with van der Waals surface area (Å²) < 4.78 is 1.34. The smallest absolute Gasteiger partial charge is 0.159 e. The standard InChI is InChI=1S/C35H20N2S/c1-7-15-30-22(9-1)20-36-34(37-30)21-17-18-24-23-10-2-5-13-27(23)35(29(24)19-21)28-14-6-3-11-25(28)33-32(35)26-12-4-8-16-31(26)38-33/h1-20H. The fraction of sp³-hybridized carbons (Fsp3) is 0.0286. The van der Waals surface area contributed by atoms with Crippen molar-refractivity contribution in [3.63, 3.8) is 0 Å². The van der Waals surface area contributed by atoms with Crippen LogP contribution >= 0.6 is 11.3 Å². The van der Waals surface area contributed by atoms with E-state index in [1.165, 1.54) is 53.9 Å². The van der Waals surface area contributed by atoms with Crippen molar-refractivity contribution >= 4 is 32.3 Å². The lowest BCUT2D eigenvalue weighted by Gasteiger charge is -2.30. The van der Waals surface area contributed by atoms with Crippen molar-refractivity contribution in [1.29, 1.82) is 0 Å². The Bertz CT molecular complexity index is 2100. The molecule has 7 aromatic rings. The molecule has 1 atom stereocenters. The van der Waals surface area contributed by atoms with Gasteiger partial charge in [-0.25, -0.2) is 9.97 Å². The first-order chi connectivity index (χ1) is 18.8. The highest BCUT2D eigenvalue weighted by Gasteiger charge is 2.53. The van der Waals surface area contributed by atoms with Gasteiger partial charge in [-0.1, -0.05) is 97.1 Å². The van der Waals surface area contributed by atoms with Crippen LogP contribution in [0, 0.1) is 0 Å². The molecule has 0 fully saturated rings.